The van der Waals surface area contributed by atoms with Crippen LogP contribution in [-0.4, -0.2) is 65.9 Å². The quantitative estimate of drug-likeness (QED) is 0.588. The molecule has 2 amide bonds. The molecule has 0 unspecified atom stereocenters. The first-order valence-corrected chi connectivity index (χ1v) is 11.9. The number of alkyl halides is 1. The first kappa shape index (κ1) is 21.0. The SMILES string of the molecule is CN(C)C1(c2ccccc2)CCC2(CC1)CN(CCCCl)C(=O)N2CC1CCC1. The van der Waals surface area contributed by atoms with E-state index >= 15 is 0 Å². The molecule has 5 heteroatoms. The summed E-state index contributed by atoms with van der Waals surface area (Å²) in [6.45, 7) is 2.63. The molecule has 2 saturated carbocycles. The van der Waals surface area contributed by atoms with Crippen molar-refractivity contribution in [1.29, 1.82) is 0 Å². The first-order valence-electron chi connectivity index (χ1n) is 11.4. The van der Waals surface area contributed by atoms with Gasteiger partial charge >= 0.3 is 6.03 Å². The van der Waals surface area contributed by atoms with Crippen molar-refractivity contribution < 1.29 is 4.79 Å². The molecule has 0 aromatic heterocycles. The molecule has 1 aromatic carbocycles. The fourth-order valence-corrected chi connectivity index (χ4v) is 5.93. The molecule has 1 spiro atoms. The van der Waals surface area contributed by atoms with Crippen molar-refractivity contribution in [3.8, 4) is 0 Å². The summed E-state index contributed by atoms with van der Waals surface area (Å²) in [4.78, 5) is 20.1. The Labute approximate surface area is 181 Å². The van der Waals surface area contributed by atoms with Gasteiger partial charge in [0.25, 0.3) is 0 Å². The van der Waals surface area contributed by atoms with Crippen LogP contribution in [0.4, 0.5) is 4.79 Å². The number of carbonyl (C=O) groups excluding carboxylic acids is 1. The molecular weight excluding hydrogens is 382 g/mol. The molecule has 3 fully saturated rings. The number of benzene rings is 1. The van der Waals surface area contributed by atoms with Gasteiger partial charge in [-0.25, -0.2) is 4.79 Å². The van der Waals surface area contributed by atoms with E-state index in [-0.39, 0.29) is 17.1 Å². The number of carbonyl (C=O) groups is 1. The van der Waals surface area contributed by atoms with Gasteiger partial charge in [-0.1, -0.05) is 36.8 Å². The van der Waals surface area contributed by atoms with Crippen LogP contribution in [-0.2, 0) is 5.54 Å². The van der Waals surface area contributed by atoms with Gasteiger partial charge in [-0.3, -0.25) is 4.90 Å². The molecule has 0 atom stereocenters. The molecule has 1 aromatic rings. The highest BCUT2D eigenvalue weighted by molar-refractivity contribution is 6.17. The van der Waals surface area contributed by atoms with Crippen molar-refractivity contribution in [3.63, 3.8) is 0 Å². The average molecular weight is 418 g/mol. The third-order valence-corrected chi connectivity index (χ3v) is 8.23. The monoisotopic (exact) mass is 417 g/mol. The lowest BCUT2D eigenvalue weighted by molar-refractivity contribution is 0.0159. The zero-order chi connectivity index (χ0) is 20.5. The fraction of sp³-hybridized carbons (Fsp3) is 0.708. The summed E-state index contributed by atoms with van der Waals surface area (Å²) < 4.78 is 0. The second-order valence-corrected chi connectivity index (χ2v) is 10.0. The highest BCUT2D eigenvalue weighted by Crippen LogP contribution is 2.49. The number of hydrogen-bond donors (Lipinski definition) is 0. The van der Waals surface area contributed by atoms with Crippen molar-refractivity contribution >= 4 is 17.6 Å². The second-order valence-electron chi connectivity index (χ2n) is 9.67. The lowest BCUT2D eigenvalue weighted by Gasteiger charge is -2.51. The molecule has 160 valence electrons. The summed E-state index contributed by atoms with van der Waals surface area (Å²) in [5.74, 6) is 1.33. The largest absolute Gasteiger partial charge is 0.322 e. The minimum absolute atomic E-state index is 0.00722. The van der Waals surface area contributed by atoms with Gasteiger partial charge in [-0.05, 0) is 70.5 Å². The molecule has 4 rings (SSSR count). The summed E-state index contributed by atoms with van der Waals surface area (Å²) in [7, 11) is 4.42. The van der Waals surface area contributed by atoms with Gasteiger partial charge in [0, 0.05) is 31.1 Å². The minimum atomic E-state index is 0.00722. The van der Waals surface area contributed by atoms with E-state index in [4.69, 9.17) is 11.6 Å². The van der Waals surface area contributed by atoms with Crippen LogP contribution >= 0.6 is 11.6 Å². The predicted octanol–water partition coefficient (Wildman–Crippen LogP) is 4.92. The summed E-state index contributed by atoms with van der Waals surface area (Å²) in [6.07, 6.45) is 9.13. The van der Waals surface area contributed by atoms with Crippen LogP contribution in [0.15, 0.2) is 30.3 Å². The zero-order valence-corrected chi connectivity index (χ0v) is 18.8. The molecular formula is C24H36ClN3O. The van der Waals surface area contributed by atoms with Gasteiger partial charge in [0.15, 0.2) is 0 Å². The van der Waals surface area contributed by atoms with E-state index in [9.17, 15) is 4.79 Å². The molecule has 0 radical (unpaired) electrons. The normalized spacial score (nSPS) is 30.4. The van der Waals surface area contributed by atoms with Crippen molar-refractivity contribution in [2.75, 3.05) is 39.6 Å². The van der Waals surface area contributed by atoms with E-state index in [2.05, 4.69) is 59.1 Å². The Morgan fingerprint density at radius 1 is 1.10 bits per heavy atom. The van der Waals surface area contributed by atoms with E-state index in [0.29, 0.717) is 11.8 Å². The Bertz CT molecular complexity index is 695. The Morgan fingerprint density at radius 2 is 1.79 bits per heavy atom. The van der Waals surface area contributed by atoms with Crippen molar-refractivity contribution in [2.45, 2.75) is 62.4 Å². The molecule has 3 aliphatic rings. The summed E-state index contributed by atoms with van der Waals surface area (Å²) in [6, 6.07) is 11.2. The molecule has 29 heavy (non-hydrogen) atoms. The lowest BCUT2D eigenvalue weighted by atomic mass is 9.68. The summed E-state index contributed by atoms with van der Waals surface area (Å²) >= 11 is 5.94. The third-order valence-electron chi connectivity index (χ3n) is 7.96. The molecule has 1 heterocycles. The van der Waals surface area contributed by atoms with E-state index in [0.717, 1.165) is 51.7 Å². The number of rotatable bonds is 7. The Balaban J connectivity index is 1.56. The zero-order valence-electron chi connectivity index (χ0n) is 18.1. The molecule has 4 nitrogen and oxygen atoms in total. The minimum Gasteiger partial charge on any atom is -0.322 e. The third kappa shape index (κ3) is 3.79. The summed E-state index contributed by atoms with van der Waals surface area (Å²) in [5.41, 5.74) is 1.49. The van der Waals surface area contributed by atoms with Gasteiger partial charge in [0.2, 0.25) is 0 Å². The highest BCUT2D eigenvalue weighted by Gasteiger charge is 2.54. The van der Waals surface area contributed by atoms with Crippen molar-refractivity contribution in [1.82, 2.24) is 14.7 Å². The van der Waals surface area contributed by atoms with E-state index in [1.165, 1.54) is 24.8 Å². The highest BCUT2D eigenvalue weighted by atomic mass is 35.5. The van der Waals surface area contributed by atoms with Crippen LogP contribution in [0.3, 0.4) is 0 Å². The number of nitrogens with zero attached hydrogens (tertiary/aromatic N) is 3. The number of urea groups is 1. The fourth-order valence-electron chi connectivity index (χ4n) is 5.81. The topological polar surface area (TPSA) is 26.8 Å². The van der Waals surface area contributed by atoms with Crippen LogP contribution in [0, 0.1) is 5.92 Å². The smallest absolute Gasteiger partial charge is 0.320 e. The Kier molecular flexibility index (Phi) is 6.13. The van der Waals surface area contributed by atoms with Gasteiger partial charge < -0.3 is 9.80 Å². The van der Waals surface area contributed by atoms with E-state index < -0.39 is 0 Å². The van der Waals surface area contributed by atoms with Gasteiger partial charge in [-0.2, -0.15) is 0 Å². The molecule has 0 bridgehead atoms. The van der Waals surface area contributed by atoms with E-state index in [1.54, 1.807) is 0 Å². The maximum absolute atomic E-state index is 13.3. The lowest BCUT2D eigenvalue weighted by Crippen LogP contribution is -2.56. The molecule has 1 aliphatic heterocycles. The van der Waals surface area contributed by atoms with Crippen LogP contribution in [0.1, 0.15) is 56.9 Å². The average Bonchev–Trinajstić information content (AvgIpc) is 2.95. The number of hydrogen-bond acceptors (Lipinski definition) is 2. The first-order chi connectivity index (χ1) is 14.0. The molecule has 0 N–H and O–H groups in total. The number of halogens is 1. The summed E-state index contributed by atoms with van der Waals surface area (Å²) in [5, 5.41) is 0. The van der Waals surface area contributed by atoms with Crippen molar-refractivity contribution in [2.24, 2.45) is 5.92 Å². The molecule has 1 saturated heterocycles. The number of amides is 2. The van der Waals surface area contributed by atoms with Crippen LogP contribution in [0.2, 0.25) is 0 Å². The van der Waals surface area contributed by atoms with Gasteiger partial charge in [-0.15, -0.1) is 11.6 Å². The van der Waals surface area contributed by atoms with Crippen LogP contribution in [0.25, 0.3) is 0 Å². The Morgan fingerprint density at radius 3 is 2.34 bits per heavy atom. The second kappa shape index (κ2) is 8.47. The van der Waals surface area contributed by atoms with Gasteiger partial charge in [0.1, 0.15) is 0 Å². The maximum atomic E-state index is 13.3. The Hall–Kier alpha value is -1.26. The van der Waals surface area contributed by atoms with Crippen LogP contribution < -0.4 is 0 Å². The maximum Gasteiger partial charge on any atom is 0.320 e. The standard InChI is InChI=1S/C24H36ClN3O/c1-26(2)24(21-10-4-3-5-11-21)14-12-23(13-15-24)19-27(17-7-16-25)22(29)28(23)18-20-8-6-9-20/h3-5,10-11,20H,6-9,12-19H2,1-2H3. The molecule has 2 aliphatic carbocycles. The van der Waals surface area contributed by atoms with Crippen LogP contribution in [0.5, 0.6) is 0 Å². The van der Waals surface area contributed by atoms with Gasteiger partial charge in [0.05, 0.1) is 5.54 Å². The van der Waals surface area contributed by atoms with Crippen molar-refractivity contribution in [3.05, 3.63) is 35.9 Å². The van der Waals surface area contributed by atoms with E-state index in [1.807, 2.05) is 0 Å². The predicted molar refractivity (Wildman–Crippen MR) is 119 cm³/mol.